The van der Waals surface area contributed by atoms with Crippen LogP contribution in [0.15, 0.2) is 0 Å². The molecule has 1 heterocycles. The van der Waals surface area contributed by atoms with Gasteiger partial charge in [0.2, 0.25) is 0 Å². The van der Waals surface area contributed by atoms with E-state index in [-0.39, 0.29) is 5.97 Å². The molecule has 122 valence electrons. The zero-order valence-corrected chi connectivity index (χ0v) is 14.2. The number of piperidine rings is 1. The fourth-order valence-corrected chi connectivity index (χ4v) is 4.16. The van der Waals surface area contributed by atoms with Gasteiger partial charge in [0.05, 0.1) is 6.61 Å². The van der Waals surface area contributed by atoms with Crippen molar-refractivity contribution in [2.24, 2.45) is 0 Å². The van der Waals surface area contributed by atoms with Crippen molar-refractivity contribution in [3.05, 3.63) is 0 Å². The predicted octanol–water partition coefficient (Wildman–Crippen LogP) is 2.71. The monoisotopic (exact) mass is 296 g/mol. The Morgan fingerprint density at radius 1 is 1.38 bits per heavy atom. The van der Waals surface area contributed by atoms with Gasteiger partial charge in [0.1, 0.15) is 5.54 Å². The second-order valence-corrected chi connectivity index (χ2v) is 7.08. The summed E-state index contributed by atoms with van der Waals surface area (Å²) in [6.07, 6.45) is 6.83. The fraction of sp³-hybridized carbons (Fsp3) is 0.941. The lowest BCUT2D eigenvalue weighted by Crippen LogP contribution is -2.55. The quantitative estimate of drug-likeness (QED) is 0.792. The molecule has 2 aliphatic rings. The first-order chi connectivity index (χ1) is 9.98. The van der Waals surface area contributed by atoms with Crippen LogP contribution in [0, 0.1) is 0 Å². The van der Waals surface area contributed by atoms with Gasteiger partial charge in [-0.05, 0) is 66.3 Å². The number of hydrogen-bond donors (Lipinski definition) is 1. The van der Waals surface area contributed by atoms with Crippen molar-refractivity contribution in [2.45, 2.75) is 89.9 Å². The summed E-state index contributed by atoms with van der Waals surface area (Å²) in [6, 6.07) is 1.48. The number of carbonyl (C=O) groups is 1. The third-order valence-corrected chi connectivity index (χ3v) is 5.04. The molecule has 3 unspecified atom stereocenters. The lowest BCUT2D eigenvalue weighted by molar-refractivity contribution is -0.151. The SMILES string of the molecule is CCOC(=O)C1(NC(C)C)CCC(N2CCCCC2C)C1. The molecule has 2 rings (SSSR count). The highest BCUT2D eigenvalue weighted by Crippen LogP contribution is 2.37. The van der Waals surface area contributed by atoms with Crippen LogP contribution in [-0.4, -0.2) is 47.7 Å². The number of ether oxygens (including phenoxy) is 1. The Bertz CT molecular complexity index is 359. The van der Waals surface area contributed by atoms with Gasteiger partial charge in [0.15, 0.2) is 0 Å². The summed E-state index contributed by atoms with van der Waals surface area (Å²) in [5, 5.41) is 3.52. The molecule has 1 aliphatic heterocycles. The normalized spacial score (nSPS) is 34.3. The van der Waals surface area contributed by atoms with Crippen LogP contribution in [0.25, 0.3) is 0 Å². The molecule has 0 aromatic carbocycles. The summed E-state index contributed by atoms with van der Waals surface area (Å²) in [4.78, 5) is 15.1. The van der Waals surface area contributed by atoms with Crippen molar-refractivity contribution in [3.8, 4) is 0 Å². The molecule has 1 saturated heterocycles. The standard InChI is InChI=1S/C17H32N2O2/c1-5-21-16(20)17(18-13(2)3)10-9-15(12-17)19-11-7-6-8-14(19)4/h13-15,18H,5-12H2,1-4H3. The number of carbonyl (C=O) groups excluding carboxylic acids is 1. The van der Waals surface area contributed by atoms with Gasteiger partial charge < -0.3 is 4.74 Å². The third-order valence-electron chi connectivity index (χ3n) is 5.04. The van der Waals surface area contributed by atoms with Gasteiger partial charge in [-0.1, -0.05) is 6.42 Å². The summed E-state index contributed by atoms with van der Waals surface area (Å²) < 4.78 is 5.37. The molecule has 2 fully saturated rings. The van der Waals surface area contributed by atoms with Crippen molar-refractivity contribution in [1.82, 2.24) is 10.2 Å². The molecule has 1 aliphatic carbocycles. The van der Waals surface area contributed by atoms with E-state index in [4.69, 9.17) is 4.74 Å². The molecular formula is C17H32N2O2. The van der Waals surface area contributed by atoms with Crippen LogP contribution in [0.4, 0.5) is 0 Å². The maximum absolute atomic E-state index is 12.5. The second kappa shape index (κ2) is 7.10. The summed E-state index contributed by atoms with van der Waals surface area (Å²) >= 11 is 0. The first-order valence-corrected chi connectivity index (χ1v) is 8.69. The molecule has 0 aromatic rings. The number of nitrogens with one attached hydrogen (secondary N) is 1. The highest BCUT2D eigenvalue weighted by Gasteiger charge is 2.48. The fourth-order valence-electron chi connectivity index (χ4n) is 4.16. The van der Waals surface area contributed by atoms with Gasteiger partial charge in [0.25, 0.3) is 0 Å². The Hall–Kier alpha value is -0.610. The van der Waals surface area contributed by atoms with Crippen LogP contribution in [0.1, 0.15) is 66.2 Å². The van der Waals surface area contributed by atoms with Crippen molar-refractivity contribution in [2.75, 3.05) is 13.2 Å². The van der Waals surface area contributed by atoms with E-state index < -0.39 is 5.54 Å². The van der Waals surface area contributed by atoms with E-state index in [1.54, 1.807) is 0 Å². The third kappa shape index (κ3) is 3.78. The maximum atomic E-state index is 12.5. The molecule has 21 heavy (non-hydrogen) atoms. The highest BCUT2D eigenvalue weighted by molar-refractivity contribution is 5.81. The number of hydrogen-bond acceptors (Lipinski definition) is 4. The molecule has 1 N–H and O–H groups in total. The molecule has 0 bridgehead atoms. The minimum atomic E-state index is -0.466. The Labute approximate surface area is 129 Å². The molecule has 0 aromatic heterocycles. The molecule has 1 saturated carbocycles. The molecule has 0 spiro atoms. The first-order valence-electron chi connectivity index (χ1n) is 8.69. The average molecular weight is 296 g/mol. The minimum Gasteiger partial charge on any atom is -0.465 e. The van der Waals surface area contributed by atoms with Crippen LogP contribution in [0.3, 0.4) is 0 Å². The van der Waals surface area contributed by atoms with Gasteiger partial charge in [0, 0.05) is 18.1 Å². The van der Waals surface area contributed by atoms with Gasteiger partial charge in [-0.3, -0.25) is 15.0 Å². The van der Waals surface area contributed by atoms with E-state index in [0.29, 0.717) is 24.7 Å². The van der Waals surface area contributed by atoms with Gasteiger partial charge in [-0.25, -0.2) is 0 Å². The Balaban J connectivity index is 2.08. The zero-order chi connectivity index (χ0) is 15.5. The molecule has 4 heteroatoms. The van der Waals surface area contributed by atoms with Gasteiger partial charge >= 0.3 is 5.97 Å². The van der Waals surface area contributed by atoms with Crippen LogP contribution in [-0.2, 0) is 9.53 Å². The van der Waals surface area contributed by atoms with Gasteiger partial charge in [-0.15, -0.1) is 0 Å². The number of esters is 1. The molecule has 0 amide bonds. The van der Waals surface area contributed by atoms with Crippen molar-refractivity contribution < 1.29 is 9.53 Å². The van der Waals surface area contributed by atoms with Crippen molar-refractivity contribution in [3.63, 3.8) is 0 Å². The van der Waals surface area contributed by atoms with Crippen LogP contribution >= 0.6 is 0 Å². The summed E-state index contributed by atoms with van der Waals surface area (Å²) in [5.74, 6) is -0.0501. The van der Waals surface area contributed by atoms with Crippen molar-refractivity contribution >= 4 is 5.97 Å². The van der Waals surface area contributed by atoms with E-state index in [1.165, 1.54) is 25.8 Å². The number of rotatable bonds is 5. The molecule has 3 atom stereocenters. The summed E-state index contributed by atoms with van der Waals surface area (Å²) in [6.45, 7) is 10.1. The lowest BCUT2D eigenvalue weighted by atomic mass is 9.94. The minimum absolute atomic E-state index is 0.0501. The van der Waals surface area contributed by atoms with Crippen LogP contribution in [0.2, 0.25) is 0 Å². The predicted molar refractivity (Wildman–Crippen MR) is 85.3 cm³/mol. The largest absolute Gasteiger partial charge is 0.465 e. The van der Waals surface area contributed by atoms with E-state index >= 15 is 0 Å². The maximum Gasteiger partial charge on any atom is 0.326 e. The number of likely N-dealkylation sites (tertiary alicyclic amines) is 1. The van der Waals surface area contributed by atoms with Crippen molar-refractivity contribution in [1.29, 1.82) is 0 Å². The van der Waals surface area contributed by atoms with Crippen LogP contribution < -0.4 is 5.32 Å². The zero-order valence-electron chi connectivity index (χ0n) is 14.2. The Morgan fingerprint density at radius 3 is 2.76 bits per heavy atom. The Morgan fingerprint density at radius 2 is 2.14 bits per heavy atom. The lowest BCUT2D eigenvalue weighted by Gasteiger charge is -2.39. The first kappa shape index (κ1) is 16.8. The number of nitrogens with zero attached hydrogens (tertiary/aromatic N) is 1. The molecule has 0 radical (unpaired) electrons. The van der Waals surface area contributed by atoms with Gasteiger partial charge in [-0.2, -0.15) is 0 Å². The topological polar surface area (TPSA) is 41.6 Å². The van der Waals surface area contributed by atoms with E-state index in [2.05, 4.69) is 31.0 Å². The highest BCUT2D eigenvalue weighted by atomic mass is 16.5. The summed E-state index contributed by atoms with van der Waals surface area (Å²) in [7, 11) is 0. The average Bonchev–Trinajstić information content (AvgIpc) is 2.84. The molecule has 4 nitrogen and oxygen atoms in total. The van der Waals surface area contributed by atoms with E-state index in [0.717, 1.165) is 19.3 Å². The molecular weight excluding hydrogens is 264 g/mol. The van der Waals surface area contributed by atoms with Crippen LogP contribution in [0.5, 0.6) is 0 Å². The second-order valence-electron chi connectivity index (χ2n) is 7.08. The van der Waals surface area contributed by atoms with E-state index in [9.17, 15) is 4.79 Å². The summed E-state index contributed by atoms with van der Waals surface area (Å²) in [5.41, 5.74) is -0.466. The van der Waals surface area contributed by atoms with E-state index in [1.807, 2.05) is 6.92 Å². The Kier molecular flexibility index (Phi) is 5.67. The smallest absolute Gasteiger partial charge is 0.326 e.